The topological polar surface area (TPSA) is 56.1 Å². The van der Waals surface area contributed by atoms with Crippen molar-refractivity contribution < 1.29 is 9.53 Å². The van der Waals surface area contributed by atoms with E-state index in [0.29, 0.717) is 25.6 Å². The van der Waals surface area contributed by atoms with Crippen LogP contribution >= 0.6 is 0 Å². The monoisotopic (exact) mass is 407 g/mol. The van der Waals surface area contributed by atoms with Crippen molar-refractivity contribution in [2.75, 3.05) is 6.61 Å². The molecule has 0 aliphatic carbocycles. The van der Waals surface area contributed by atoms with Crippen LogP contribution in [0.1, 0.15) is 57.5 Å². The summed E-state index contributed by atoms with van der Waals surface area (Å²) in [5, 5.41) is 3.02. The average Bonchev–Trinajstić information content (AvgIpc) is 3.03. The number of ether oxygens (including phenoxy) is 1. The fourth-order valence-corrected chi connectivity index (χ4v) is 3.42. The SMILES string of the molecule is Cc1ccc(C(C)C)c(OCCn2c(CNC(=O)C(C)(C)C)nc3ccccc32)c1. The summed E-state index contributed by atoms with van der Waals surface area (Å²) in [6.07, 6.45) is 0. The second-order valence-electron chi connectivity index (χ2n) is 9.15. The minimum Gasteiger partial charge on any atom is -0.491 e. The second kappa shape index (κ2) is 8.90. The van der Waals surface area contributed by atoms with Gasteiger partial charge in [-0.25, -0.2) is 4.98 Å². The summed E-state index contributed by atoms with van der Waals surface area (Å²) < 4.78 is 8.34. The van der Waals surface area contributed by atoms with Crippen LogP contribution in [0.15, 0.2) is 42.5 Å². The van der Waals surface area contributed by atoms with Crippen molar-refractivity contribution in [2.45, 2.75) is 60.5 Å². The Morgan fingerprint density at radius 2 is 1.90 bits per heavy atom. The van der Waals surface area contributed by atoms with Gasteiger partial charge in [0.2, 0.25) is 5.91 Å². The van der Waals surface area contributed by atoms with Crippen LogP contribution in [-0.4, -0.2) is 22.1 Å². The lowest BCUT2D eigenvalue weighted by Gasteiger charge is -2.18. The average molecular weight is 408 g/mol. The van der Waals surface area contributed by atoms with Gasteiger partial charge in [-0.15, -0.1) is 0 Å². The van der Waals surface area contributed by atoms with Gasteiger partial charge in [0.15, 0.2) is 0 Å². The molecular weight excluding hydrogens is 374 g/mol. The number of amides is 1. The first-order valence-corrected chi connectivity index (χ1v) is 10.6. The molecule has 0 aliphatic rings. The molecule has 0 radical (unpaired) electrons. The normalized spacial score (nSPS) is 11.8. The van der Waals surface area contributed by atoms with Gasteiger partial charge in [0.25, 0.3) is 0 Å². The summed E-state index contributed by atoms with van der Waals surface area (Å²) in [5.74, 6) is 2.19. The van der Waals surface area contributed by atoms with E-state index >= 15 is 0 Å². The number of carbonyl (C=O) groups excluding carboxylic acids is 1. The van der Waals surface area contributed by atoms with E-state index in [0.717, 1.165) is 22.6 Å². The van der Waals surface area contributed by atoms with Crippen LogP contribution in [0.5, 0.6) is 5.75 Å². The Morgan fingerprint density at radius 3 is 2.60 bits per heavy atom. The Labute approximate surface area is 179 Å². The third kappa shape index (κ3) is 5.02. The highest BCUT2D eigenvalue weighted by molar-refractivity contribution is 5.81. The summed E-state index contributed by atoms with van der Waals surface area (Å²) in [4.78, 5) is 17.1. The fourth-order valence-electron chi connectivity index (χ4n) is 3.42. The summed E-state index contributed by atoms with van der Waals surface area (Å²) >= 11 is 0. The van der Waals surface area contributed by atoms with Crippen molar-refractivity contribution in [3.05, 3.63) is 59.4 Å². The van der Waals surface area contributed by atoms with Crippen molar-refractivity contribution in [2.24, 2.45) is 5.41 Å². The fraction of sp³-hybridized carbons (Fsp3) is 0.440. The highest BCUT2D eigenvalue weighted by atomic mass is 16.5. The smallest absolute Gasteiger partial charge is 0.225 e. The molecule has 5 nitrogen and oxygen atoms in total. The maximum Gasteiger partial charge on any atom is 0.225 e. The van der Waals surface area contributed by atoms with Crippen molar-refractivity contribution >= 4 is 16.9 Å². The summed E-state index contributed by atoms with van der Waals surface area (Å²) in [7, 11) is 0. The standard InChI is InChI=1S/C25H33N3O2/c1-17(2)19-12-11-18(3)15-22(19)30-14-13-28-21-10-8-7-9-20(21)27-23(28)16-26-24(29)25(4,5)6/h7-12,15,17H,13-14,16H2,1-6H3,(H,26,29). The Morgan fingerprint density at radius 1 is 1.17 bits per heavy atom. The Kier molecular flexibility index (Phi) is 6.49. The van der Waals surface area contributed by atoms with Gasteiger partial charge in [0.1, 0.15) is 18.2 Å². The minimum atomic E-state index is -0.432. The van der Waals surface area contributed by atoms with Gasteiger partial charge in [0, 0.05) is 5.41 Å². The molecule has 1 amide bonds. The number of carbonyl (C=O) groups is 1. The van der Waals surface area contributed by atoms with Crippen LogP contribution in [0, 0.1) is 12.3 Å². The zero-order valence-corrected chi connectivity index (χ0v) is 19.0. The largest absolute Gasteiger partial charge is 0.491 e. The summed E-state index contributed by atoms with van der Waals surface area (Å²) in [6.45, 7) is 13.8. The van der Waals surface area contributed by atoms with Gasteiger partial charge in [-0.1, -0.05) is 58.9 Å². The number of nitrogens with zero attached hydrogens (tertiary/aromatic N) is 2. The lowest BCUT2D eigenvalue weighted by molar-refractivity contribution is -0.128. The van der Waals surface area contributed by atoms with E-state index in [1.807, 2.05) is 39.0 Å². The van der Waals surface area contributed by atoms with Crippen LogP contribution in [-0.2, 0) is 17.9 Å². The maximum absolute atomic E-state index is 12.3. The highest BCUT2D eigenvalue weighted by Crippen LogP contribution is 2.27. The molecule has 1 N–H and O–H groups in total. The van der Waals surface area contributed by atoms with E-state index in [4.69, 9.17) is 9.72 Å². The maximum atomic E-state index is 12.3. The highest BCUT2D eigenvalue weighted by Gasteiger charge is 2.21. The van der Waals surface area contributed by atoms with Crippen LogP contribution in [0.25, 0.3) is 11.0 Å². The Hall–Kier alpha value is -2.82. The van der Waals surface area contributed by atoms with Crippen LogP contribution in [0.2, 0.25) is 0 Å². The van der Waals surface area contributed by atoms with Crippen molar-refractivity contribution in [3.8, 4) is 5.75 Å². The van der Waals surface area contributed by atoms with E-state index in [1.165, 1.54) is 11.1 Å². The van der Waals surface area contributed by atoms with E-state index in [1.54, 1.807) is 0 Å². The molecule has 0 atom stereocenters. The molecule has 0 bridgehead atoms. The van der Waals surface area contributed by atoms with Gasteiger partial charge in [-0.05, 0) is 42.2 Å². The van der Waals surface area contributed by atoms with Gasteiger partial charge in [-0.2, -0.15) is 0 Å². The number of para-hydroxylation sites is 2. The molecule has 1 aromatic heterocycles. The second-order valence-corrected chi connectivity index (χ2v) is 9.15. The molecule has 0 fully saturated rings. The molecule has 160 valence electrons. The molecule has 0 saturated carbocycles. The predicted octanol–water partition coefficient (Wildman–Crippen LogP) is 5.21. The van der Waals surface area contributed by atoms with Crippen molar-refractivity contribution in [1.29, 1.82) is 0 Å². The molecule has 3 aromatic rings. The molecule has 2 aromatic carbocycles. The molecule has 1 heterocycles. The van der Waals surface area contributed by atoms with Crippen LogP contribution in [0.3, 0.4) is 0 Å². The van der Waals surface area contributed by atoms with Crippen LogP contribution in [0.4, 0.5) is 0 Å². The zero-order valence-electron chi connectivity index (χ0n) is 19.0. The first kappa shape index (κ1) is 21.9. The molecule has 30 heavy (non-hydrogen) atoms. The summed E-state index contributed by atoms with van der Waals surface area (Å²) in [5.41, 5.74) is 3.95. The van der Waals surface area contributed by atoms with Crippen molar-refractivity contribution in [1.82, 2.24) is 14.9 Å². The molecular formula is C25H33N3O2. The van der Waals surface area contributed by atoms with E-state index in [-0.39, 0.29) is 5.91 Å². The predicted molar refractivity (Wildman–Crippen MR) is 122 cm³/mol. The zero-order chi connectivity index (χ0) is 21.9. The first-order chi connectivity index (χ1) is 14.2. The van der Waals surface area contributed by atoms with Gasteiger partial charge in [-0.3, -0.25) is 4.79 Å². The number of benzene rings is 2. The number of aryl methyl sites for hydroxylation is 1. The van der Waals surface area contributed by atoms with Gasteiger partial charge >= 0.3 is 0 Å². The first-order valence-electron chi connectivity index (χ1n) is 10.6. The number of rotatable bonds is 7. The Balaban J connectivity index is 1.79. The lowest BCUT2D eigenvalue weighted by Crippen LogP contribution is -2.35. The van der Waals surface area contributed by atoms with Gasteiger partial charge in [0.05, 0.1) is 24.1 Å². The van der Waals surface area contributed by atoms with Crippen LogP contribution < -0.4 is 10.1 Å². The molecule has 5 heteroatoms. The number of fused-ring (bicyclic) bond motifs is 1. The number of aromatic nitrogens is 2. The molecule has 0 unspecified atom stereocenters. The third-order valence-corrected chi connectivity index (χ3v) is 5.19. The molecule has 0 spiro atoms. The van der Waals surface area contributed by atoms with E-state index in [2.05, 4.69) is 54.9 Å². The van der Waals surface area contributed by atoms with E-state index in [9.17, 15) is 4.79 Å². The number of imidazole rings is 1. The molecule has 3 rings (SSSR count). The quantitative estimate of drug-likeness (QED) is 0.585. The molecule has 0 aliphatic heterocycles. The Bertz CT molecular complexity index is 1030. The summed E-state index contributed by atoms with van der Waals surface area (Å²) in [6, 6.07) is 14.4. The number of hydrogen-bond acceptors (Lipinski definition) is 3. The third-order valence-electron chi connectivity index (χ3n) is 5.19. The van der Waals surface area contributed by atoms with E-state index < -0.39 is 5.41 Å². The molecule has 0 saturated heterocycles. The minimum absolute atomic E-state index is 0.0127. The lowest BCUT2D eigenvalue weighted by atomic mass is 9.96. The number of hydrogen-bond donors (Lipinski definition) is 1. The van der Waals surface area contributed by atoms with Crippen molar-refractivity contribution in [3.63, 3.8) is 0 Å². The van der Waals surface area contributed by atoms with Gasteiger partial charge < -0.3 is 14.6 Å². The number of nitrogens with one attached hydrogen (secondary N) is 1.